The number of nitrogens with zero attached hydrogens (tertiary/aromatic N) is 1. The Balaban J connectivity index is 2.36. The van der Waals surface area contributed by atoms with Crippen molar-refractivity contribution < 1.29 is 14.3 Å². The van der Waals surface area contributed by atoms with E-state index in [1.807, 2.05) is 4.90 Å². The van der Waals surface area contributed by atoms with Crippen LogP contribution in [-0.4, -0.2) is 24.2 Å². The van der Waals surface area contributed by atoms with Crippen LogP contribution < -0.4 is 4.90 Å². The smallest absolute Gasteiger partial charge is 0.336 e. The van der Waals surface area contributed by atoms with Gasteiger partial charge in [-0.15, -0.1) is 0 Å². The van der Waals surface area contributed by atoms with Crippen molar-refractivity contribution in [2.75, 3.05) is 18.0 Å². The van der Waals surface area contributed by atoms with Crippen molar-refractivity contribution in [2.24, 2.45) is 0 Å². The SMILES string of the molecule is CC1=CCN(c2ccc(C(=O)O)c(Br)c2F)CC1. The highest BCUT2D eigenvalue weighted by Crippen LogP contribution is 2.30. The third kappa shape index (κ3) is 2.41. The van der Waals surface area contributed by atoms with E-state index < -0.39 is 11.8 Å². The molecule has 18 heavy (non-hydrogen) atoms. The predicted molar refractivity (Wildman–Crippen MR) is 71.6 cm³/mol. The van der Waals surface area contributed by atoms with Gasteiger partial charge >= 0.3 is 5.97 Å². The summed E-state index contributed by atoms with van der Waals surface area (Å²) in [6, 6.07) is 2.95. The minimum atomic E-state index is -1.14. The maximum Gasteiger partial charge on any atom is 0.336 e. The molecular formula is C13H13BrFNO2. The molecule has 0 saturated heterocycles. The number of carbonyl (C=O) groups is 1. The highest BCUT2D eigenvalue weighted by Gasteiger charge is 2.20. The van der Waals surface area contributed by atoms with Gasteiger partial charge in [0.25, 0.3) is 0 Å². The van der Waals surface area contributed by atoms with Crippen molar-refractivity contribution in [3.63, 3.8) is 0 Å². The van der Waals surface area contributed by atoms with Gasteiger partial charge in [0, 0.05) is 13.1 Å². The second-order valence-corrected chi connectivity index (χ2v) is 5.10. The molecule has 0 bridgehead atoms. The summed E-state index contributed by atoms with van der Waals surface area (Å²) in [6.45, 7) is 3.46. The second kappa shape index (κ2) is 5.10. The molecule has 0 saturated carbocycles. The van der Waals surface area contributed by atoms with Crippen LogP contribution in [-0.2, 0) is 0 Å². The molecule has 0 fully saturated rings. The fourth-order valence-corrected chi connectivity index (χ4v) is 2.44. The van der Waals surface area contributed by atoms with E-state index in [9.17, 15) is 9.18 Å². The first-order valence-electron chi connectivity index (χ1n) is 5.62. The molecule has 0 aliphatic carbocycles. The predicted octanol–water partition coefficient (Wildman–Crippen LogP) is 3.44. The maximum atomic E-state index is 14.1. The van der Waals surface area contributed by atoms with Crippen LogP contribution in [0.2, 0.25) is 0 Å². The Kier molecular flexibility index (Phi) is 3.71. The van der Waals surface area contributed by atoms with Gasteiger partial charge in [0.15, 0.2) is 5.82 Å². The van der Waals surface area contributed by atoms with E-state index in [1.54, 1.807) is 0 Å². The monoisotopic (exact) mass is 313 g/mol. The van der Waals surface area contributed by atoms with Gasteiger partial charge in [-0.3, -0.25) is 0 Å². The fraction of sp³-hybridized carbons (Fsp3) is 0.308. The number of benzene rings is 1. The number of hydrogen-bond donors (Lipinski definition) is 1. The van der Waals surface area contributed by atoms with Crippen LogP contribution in [0.5, 0.6) is 0 Å². The van der Waals surface area contributed by atoms with E-state index in [1.165, 1.54) is 17.7 Å². The molecule has 0 atom stereocenters. The largest absolute Gasteiger partial charge is 0.478 e. The molecule has 1 aromatic carbocycles. The summed E-state index contributed by atoms with van der Waals surface area (Å²) in [5.74, 6) is -1.65. The van der Waals surface area contributed by atoms with Gasteiger partial charge in [0.1, 0.15) is 0 Å². The Hall–Kier alpha value is -1.36. The molecule has 96 valence electrons. The van der Waals surface area contributed by atoms with Crippen molar-refractivity contribution in [1.82, 2.24) is 0 Å². The molecule has 0 radical (unpaired) electrons. The number of rotatable bonds is 2. The van der Waals surface area contributed by atoms with Gasteiger partial charge in [-0.1, -0.05) is 11.6 Å². The van der Waals surface area contributed by atoms with Crippen LogP contribution >= 0.6 is 15.9 Å². The van der Waals surface area contributed by atoms with Crippen molar-refractivity contribution in [3.05, 3.63) is 39.6 Å². The molecule has 1 aliphatic heterocycles. The Morgan fingerprint density at radius 1 is 1.50 bits per heavy atom. The van der Waals surface area contributed by atoms with Gasteiger partial charge in [0.2, 0.25) is 0 Å². The van der Waals surface area contributed by atoms with Crippen LogP contribution in [0.1, 0.15) is 23.7 Å². The van der Waals surface area contributed by atoms with Gasteiger partial charge in [-0.05, 0) is 41.4 Å². The summed E-state index contributed by atoms with van der Waals surface area (Å²) in [5.41, 5.74) is 1.68. The minimum Gasteiger partial charge on any atom is -0.478 e. The third-order valence-electron chi connectivity index (χ3n) is 3.07. The summed E-state index contributed by atoms with van der Waals surface area (Å²) in [5, 5.41) is 8.91. The van der Waals surface area contributed by atoms with Crippen LogP contribution in [0.3, 0.4) is 0 Å². The zero-order valence-corrected chi connectivity index (χ0v) is 11.5. The topological polar surface area (TPSA) is 40.5 Å². The maximum absolute atomic E-state index is 14.1. The first-order chi connectivity index (χ1) is 8.50. The summed E-state index contributed by atoms with van der Waals surface area (Å²) in [7, 11) is 0. The van der Waals surface area contributed by atoms with E-state index >= 15 is 0 Å². The molecule has 3 nitrogen and oxygen atoms in total. The zero-order valence-electron chi connectivity index (χ0n) is 9.91. The molecule has 0 spiro atoms. The van der Waals surface area contributed by atoms with Crippen LogP contribution in [0.25, 0.3) is 0 Å². The van der Waals surface area contributed by atoms with Crippen LogP contribution in [0.15, 0.2) is 28.3 Å². The van der Waals surface area contributed by atoms with Crippen LogP contribution in [0, 0.1) is 5.82 Å². The first kappa shape index (κ1) is 13.1. The molecular weight excluding hydrogens is 301 g/mol. The quantitative estimate of drug-likeness (QED) is 0.850. The number of hydrogen-bond acceptors (Lipinski definition) is 2. The highest BCUT2D eigenvalue weighted by atomic mass is 79.9. The van der Waals surface area contributed by atoms with Gasteiger partial charge in [-0.25, -0.2) is 9.18 Å². The molecule has 0 aromatic heterocycles. The highest BCUT2D eigenvalue weighted by molar-refractivity contribution is 9.10. The lowest BCUT2D eigenvalue weighted by atomic mass is 10.1. The van der Waals surface area contributed by atoms with Crippen LogP contribution in [0.4, 0.5) is 10.1 Å². The molecule has 0 amide bonds. The lowest BCUT2D eigenvalue weighted by molar-refractivity contribution is 0.0695. The van der Waals surface area contributed by atoms with Crippen molar-refractivity contribution in [1.29, 1.82) is 0 Å². The summed E-state index contributed by atoms with van der Waals surface area (Å²) in [6.07, 6.45) is 2.96. The zero-order chi connectivity index (χ0) is 13.3. The number of anilines is 1. The first-order valence-corrected chi connectivity index (χ1v) is 6.42. The second-order valence-electron chi connectivity index (χ2n) is 4.31. The molecule has 1 heterocycles. The average molecular weight is 314 g/mol. The van der Waals surface area contributed by atoms with Crippen molar-refractivity contribution in [3.8, 4) is 0 Å². The van der Waals surface area contributed by atoms with Crippen molar-refractivity contribution >= 4 is 27.6 Å². The summed E-state index contributed by atoms with van der Waals surface area (Å²) in [4.78, 5) is 12.8. The van der Waals surface area contributed by atoms with Gasteiger partial charge in [-0.2, -0.15) is 0 Å². The average Bonchev–Trinajstić information content (AvgIpc) is 2.33. The fourth-order valence-electron chi connectivity index (χ4n) is 1.94. The number of halogens is 2. The molecule has 1 N–H and O–H groups in total. The lowest BCUT2D eigenvalue weighted by Gasteiger charge is -2.28. The summed E-state index contributed by atoms with van der Waals surface area (Å²) < 4.78 is 14.1. The molecule has 2 rings (SSSR count). The van der Waals surface area contributed by atoms with E-state index in [0.717, 1.165) is 13.0 Å². The molecule has 0 unspecified atom stereocenters. The van der Waals surface area contributed by atoms with E-state index in [4.69, 9.17) is 5.11 Å². The molecule has 5 heteroatoms. The van der Waals surface area contributed by atoms with E-state index in [2.05, 4.69) is 28.9 Å². The Labute approximate surface area is 113 Å². The lowest BCUT2D eigenvalue weighted by Crippen LogP contribution is -2.29. The number of carboxylic acid groups (broad SMARTS) is 1. The number of carboxylic acids is 1. The third-order valence-corrected chi connectivity index (χ3v) is 3.84. The Morgan fingerprint density at radius 2 is 2.22 bits per heavy atom. The minimum absolute atomic E-state index is 0.0128. The van der Waals surface area contributed by atoms with Gasteiger partial charge < -0.3 is 10.0 Å². The Bertz CT molecular complexity index is 528. The summed E-state index contributed by atoms with van der Waals surface area (Å²) >= 11 is 3.01. The van der Waals surface area contributed by atoms with E-state index in [-0.39, 0.29) is 10.0 Å². The van der Waals surface area contributed by atoms with Crippen molar-refractivity contribution in [2.45, 2.75) is 13.3 Å². The molecule has 1 aliphatic rings. The number of aromatic carboxylic acids is 1. The standard InChI is InChI=1S/C13H13BrFNO2/c1-8-4-6-16(7-5-8)10-3-2-9(13(17)18)11(14)12(10)15/h2-4H,5-7H2,1H3,(H,17,18). The normalized spacial score (nSPS) is 15.5. The van der Waals surface area contributed by atoms with E-state index in [0.29, 0.717) is 12.2 Å². The molecule has 1 aromatic rings. The van der Waals surface area contributed by atoms with Gasteiger partial charge in [0.05, 0.1) is 15.7 Å². The Morgan fingerprint density at radius 3 is 2.78 bits per heavy atom.